The number of halogens is 1. The zero-order chi connectivity index (χ0) is 15.4. The monoisotopic (exact) mass is 323 g/mol. The summed E-state index contributed by atoms with van der Waals surface area (Å²) in [6.45, 7) is 2.95. The Kier molecular flexibility index (Phi) is 4.91. The first-order valence-electron chi connectivity index (χ1n) is 7.84. The summed E-state index contributed by atoms with van der Waals surface area (Å²) in [5, 5.41) is 11.4. The zero-order valence-electron chi connectivity index (χ0n) is 12.6. The van der Waals surface area contributed by atoms with Gasteiger partial charge in [0.1, 0.15) is 11.5 Å². The van der Waals surface area contributed by atoms with Gasteiger partial charge >= 0.3 is 0 Å². The van der Waals surface area contributed by atoms with Crippen molar-refractivity contribution in [3.8, 4) is 0 Å². The van der Waals surface area contributed by atoms with Crippen LogP contribution >= 0.6 is 11.6 Å². The maximum atomic E-state index is 11.4. The van der Waals surface area contributed by atoms with Gasteiger partial charge in [-0.15, -0.1) is 11.6 Å². The van der Waals surface area contributed by atoms with Crippen LogP contribution in [0.3, 0.4) is 0 Å². The van der Waals surface area contributed by atoms with Crippen LogP contribution in [0.2, 0.25) is 0 Å². The molecule has 2 aromatic rings. The minimum absolute atomic E-state index is 0.0806. The first-order valence-corrected chi connectivity index (χ1v) is 8.37. The Morgan fingerprint density at radius 2 is 1.73 bits per heavy atom. The number of piperidine rings is 1. The van der Waals surface area contributed by atoms with Crippen LogP contribution in [0.1, 0.15) is 30.8 Å². The molecule has 1 fully saturated rings. The molecule has 0 amide bonds. The number of alkyl halides is 1. The van der Waals surface area contributed by atoms with Crippen molar-refractivity contribution < 1.29 is 13.9 Å². The van der Waals surface area contributed by atoms with Gasteiger partial charge in [0.25, 0.3) is 0 Å². The molecule has 0 aromatic carbocycles. The minimum atomic E-state index is -1.19. The Balaban J connectivity index is 1.78. The van der Waals surface area contributed by atoms with Gasteiger partial charge in [0.05, 0.1) is 12.5 Å². The lowest BCUT2D eigenvalue weighted by Crippen LogP contribution is -2.44. The summed E-state index contributed by atoms with van der Waals surface area (Å²) in [6, 6.07) is 7.25. The number of likely N-dealkylation sites (tertiary alicyclic amines) is 1. The van der Waals surface area contributed by atoms with Crippen LogP contribution < -0.4 is 0 Å². The third kappa shape index (κ3) is 2.96. The molecular formula is C17H22ClNO3. The predicted molar refractivity (Wildman–Crippen MR) is 84.9 cm³/mol. The molecule has 3 rings (SSSR count). The van der Waals surface area contributed by atoms with E-state index in [1.54, 1.807) is 24.7 Å². The van der Waals surface area contributed by atoms with Crippen molar-refractivity contribution in [1.29, 1.82) is 0 Å². The lowest BCUT2D eigenvalue weighted by Gasteiger charge is -2.39. The Morgan fingerprint density at radius 3 is 2.18 bits per heavy atom. The molecule has 0 unspecified atom stereocenters. The van der Waals surface area contributed by atoms with Gasteiger partial charge in [0.2, 0.25) is 0 Å². The highest BCUT2D eigenvalue weighted by molar-refractivity contribution is 6.17. The Bertz CT molecular complexity index is 510. The van der Waals surface area contributed by atoms with Crippen LogP contribution in [0.4, 0.5) is 0 Å². The number of hydrogen-bond acceptors (Lipinski definition) is 4. The highest BCUT2D eigenvalue weighted by atomic mass is 35.5. The fraction of sp³-hybridized carbons (Fsp3) is 0.529. The number of furan rings is 2. The molecule has 1 N–H and O–H groups in total. The molecule has 0 radical (unpaired) electrons. The van der Waals surface area contributed by atoms with Gasteiger partial charge in [-0.25, -0.2) is 0 Å². The third-order valence-electron chi connectivity index (χ3n) is 4.58. The van der Waals surface area contributed by atoms with E-state index in [1.807, 2.05) is 12.1 Å². The van der Waals surface area contributed by atoms with Gasteiger partial charge in [-0.2, -0.15) is 0 Å². The largest absolute Gasteiger partial charge is 0.466 e. The quantitative estimate of drug-likeness (QED) is 0.827. The van der Waals surface area contributed by atoms with Crippen molar-refractivity contribution in [1.82, 2.24) is 4.90 Å². The molecule has 120 valence electrons. The lowest BCUT2D eigenvalue weighted by molar-refractivity contribution is -0.0451. The second kappa shape index (κ2) is 6.90. The van der Waals surface area contributed by atoms with Crippen molar-refractivity contribution in [3.63, 3.8) is 0 Å². The Morgan fingerprint density at radius 1 is 1.14 bits per heavy atom. The maximum absolute atomic E-state index is 11.4. The van der Waals surface area contributed by atoms with Crippen molar-refractivity contribution in [2.24, 2.45) is 5.92 Å². The minimum Gasteiger partial charge on any atom is -0.466 e. The van der Waals surface area contributed by atoms with E-state index < -0.39 is 5.60 Å². The van der Waals surface area contributed by atoms with Gasteiger partial charge in [0, 0.05) is 11.8 Å². The van der Waals surface area contributed by atoms with Crippen LogP contribution in [0.5, 0.6) is 0 Å². The molecule has 0 bridgehead atoms. The summed E-state index contributed by atoms with van der Waals surface area (Å²) in [7, 11) is 0. The first kappa shape index (κ1) is 15.7. The number of aliphatic hydroxyl groups is 1. The number of nitrogens with zero attached hydrogens (tertiary/aromatic N) is 1. The smallest absolute Gasteiger partial charge is 0.182 e. The normalized spacial score (nSPS) is 17.9. The van der Waals surface area contributed by atoms with E-state index in [9.17, 15) is 5.11 Å². The molecule has 5 heteroatoms. The standard InChI is InChI=1S/C17H22ClNO3/c18-8-3-9-19-10-6-14(7-11-19)17(20,15-4-1-12-21-15)16-5-2-13-22-16/h1-2,4-5,12-14,20H,3,6-11H2. The molecule has 4 nitrogen and oxygen atoms in total. The molecule has 0 spiro atoms. The van der Waals surface area contributed by atoms with Crippen molar-refractivity contribution >= 4 is 11.6 Å². The van der Waals surface area contributed by atoms with Gasteiger partial charge in [-0.05, 0) is 63.2 Å². The van der Waals surface area contributed by atoms with Gasteiger partial charge < -0.3 is 18.8 Å². The molecule has 0 atom stereocenters. The summed E-state index contributed by atoms with van der Waals surface area (Å²) < 4.78 is 11.1. The van der Waals surface area contributed by atoms with Crippen molar-refractivity contribution in [2.75, 3.05) is 25.5 Å². The highest BCUT2D eigenvalue weighted by Gasteiger charge is 2.46. The molecule has 1 aliphatic heterocycles. The van der Waals surface area contributed by atoms with Crippen molar-refractivity contribution in [3.05, 3.63) is 48.3 Å². The molecule has 1 saturated heterocycles. The molecule has 3 heterocycles. The molecule has 1 aliphatic rings. The van der Waals surface area contributed by atoms with E-state index in [2.05, 4.69) is 4.90 Å². The zero-order valence-corrected chi connectivity index (χ0v) is 13.3. The average molecular weight is 324 g/mol. The lowest BCUT2D eigenvalue weighted by atomic mass is 9.77. The Hall–Kier alpha value is -1.23. The molecule has 2 aromatic heterocycles. The summed E-state index contributed by atoms with van der Waals surface area (Å²) >= 11 is 5.77. The van der Waals surface area contributed by atoms with Gasteiger partial charge in [-0.3, -0.25) is 0 Å². The molecule has 22 heavy (non-hydrogen) atoms. The van der Waals surface area contributed by atoms with Gasteiger partial charge in [-0.1, -0.05) is 0 Å². The fourth-order valence-corrected chi connectivity index (χ4v) is 3.49. The van der Waals surface area contributed by atoms with Crippen LogP contribution in [0.15, 0.2) is 45.6 Å². The van der Waals surface area contributed by atoms with Crippen LogP contribution in [0.25, 0.3) is 0 Å². The second-order valence-electron chi connectivity index (χ2n) is 5.88. The molecule has 0 saturated carbocycles. The summed E-state index contributed by atoms with van der Waals surface area (Å²) in [4.78, 5) is 2.41. The summed E-state index contributed by atoms with van der Waals surface area (Å²) in [6.07, 6.45) is 6.00. The maximum Gasteiger partial charge on any atom is 0.182 e. The Labute approximate surface area is 135 Å². The average Bonchev–Trinajstić information content (AvgIpc) is 3.25. The summed E-state index contributed by atoms with van der Waals surface area (Å²) in [5.74, 6) is 1.89. The van der Waals surface area contributed by atoms with E-state index in [1.165, 1.54) is 0 Å². The highest BCUT2D eigenvalue weighted by Crippen LogP contribution is 2.42. The van der Waals surface area contributed by atoms with Crippen LogP contribution in [0, 0.1) is 5.92 Å². The topological polar surface area (TPSA) is 49.8 Å². The summed E-state index contributed by atoms with van der Waals surface area (Å²) in [5.41, 5.74) is -1.19. The fourth-order valence-electron chi connectivity index (χ4n) is 3.37. The van der Waals surface area contributed by atoms with E-state index >= 15 is 0 Å². The predicted octanol–water partition coefficient (Wildman–Crippen LogP) is 3.45. The third-order valence-corrected chi connectivity index (χ3v) is 4.85. The van der Waals surface area contributed by atoms with E-state index in [0.717, 1.165) is 38.9 Å². The van der Waals surface area contributed by atoms with E-state index in [-0.39, 0.29) is 5.92 Å². The first-order chi connectivity index (χ1) is 10.7. The van der Waals surface area contributed by atoms with Crippen LogP contribution in [-0.2, 0) is 5.60 Å². The molecule has 0 aliphatic carbocycles. The number of rotatable bonds is 6. The van der Waals surface area contributed by atoms with E-state index in [0.29, 0.717) is 17.4 Å². The van der Waals surface area contributed by atoms with Crippen molar-refractivity contribution in [2.45, 2.75) is 24.9 Å². The second-order valence-corrected chi connectivity index (χ2v) is 6.26. The van der Waals surface area contributed by atoms with Gasteiger partial charge in [0.15, 0.2) is 5.60 Å². The molecular weight excluding hydrogens is 302 g/mol. The van der Waals surface area contributed by atoms with E-state index in [4.69, 9.17) is 20.4 Å². The van der Waals surface area contributed by atoms with Crippen LogP contribution in [-0.4, -0.2) is 35.5 Å². The SMILES string of the molecule is OC(c1ccco1)(c1ccco1)C1CCN(CCCCl)CC1. The number of hydrogen-bond donors (Lipinski definition) is 1.